The maximum absolute atomic E-state index is 12.6. The van der Waals surface area contributed by atoms with Crippen molar-refractivity contribution in [3.05, 3.63) is 28.8 Å². The van der Waals surface area contributed by atoms with Gasteiger partial charge in [0.1, 0.15) is 5.75 Å². The Morgan fingerprint density at radius 2 is 2.04 bits per heavy atom. The molecule has 1 aromatic carbocycles. The average molecular weight is 373 g/mol. The first-order valence-electron chi connectivity index (χ1n) is 8.41. The van der Waals surface area contributed by atoms with Crippen molar-refractivity contribution in [3.63, 3.8) is 0 Å². The number of nitrogens with zero attached hydrogens (tertiary/aromatic N) is 1. The van der Waals surface area contributed by atoms with Crippen LogP contribution in [0.4, 0.5) is 0 Å². The van der Waals surface area contributed by atoms with E-state index in [0.717, 1.165) is 44.6 Å². The minimum absolute atomic E-state index is 0. The Morgan fingerprint density at radius 1 is 1.33 bits per heavy atom. The predicted octanol–water partition coefficient (Wildman–Crippen LogP) is 3.44. The van der Waals surface area contributed by atoms with Gasteiger partial charge in [0.2, 0.25) is 0 Å². The van der Waals surface area contributed by atoms with Crippen molar-refractivity contribution in [3.8, 4) is 5.75 Å². The van der Waals surface area contributed by atoms with Crippen LogP contribution in [-0.2, 0) is 4.79 Å². The lowest BCUT2D eigenvalue weighted by molar-refractivity contribution is -0.140. The maximum Gasteiger partial charge on any atom is 0.263 e. The largest absolute Gasteiger partial charge is 0.481 e. The molecule has 6 heteroatoms. The summed E-state index contributed by atoms with van der Waals surface area (Å²) in [6.45, 7) is 7.66. The van der Waals surface area contributed by atoms with Crippen molar-refractivity contribution in [2.45, 2.75) is 39.2 Å². The highest BCUT2D eigenvalue weighted by Crippen LogP contribution is 2.37. The topological polar surface area (TPSA) is 41.6 Å². The zero-order valence-electron chi connectivity index (χ0n) is 14.3. The highest BCUT2D eigenvalue weighted by atomic mass is 35.5. The number of likely N-dealkylation sites (tertiary alicyclic amines) is 1. The molecule has 1 amide bonds. The van der Waals surface area contributed by atoms with E-state index in [1.807, 2.05) is 30.9 Å². The van der Waals surface area contributed by atoms with Gasteiger partial charge < -0.3 is 15.0 Å². The van der Waals surface area contributed by atoms with E-state index in [1.165, 1.54) is 6.42 Å². The fraction of sp³-hybridized carbons (Fsp3) is 0.611. The fourth-order valence-corrected chi connectivity index (χ4v) is 3.74. The zero-order chi connectivity index (χ0) is 16.4. The van der Waals surface area contributed by atoms with Crippen LogP contribution in [0, 0.1) is 12.3 Å². The fourth-order valence-electron chi connectivity index (χ4n) is 3.63. The molecule has 1 aromatic rings. The van der Waals surface area contributed by atoms with E-state index in [4.69, 9.17) is 16.3 Å². The van der Waals surface area contributed by atoms with Gasteiger partial charge in [0.25, 0.3) is 5.91 Å². The molecular weight excluding hydrogens is 347 g/mol. The van der Waals surface area contributed by atoms with Gasteiger partial charge in [-0.3, -0.25) is 4.79 Å². The van der Waals surface area contributed by atoms with Crippen molar-refractivity contribution < 1.29 is 9.53 Å². The van der Waals surface area contributed by atoms with Crippen LogP contribution in [0.15, 0.2) is 18.2 Å². The monoisotopic (exact) mass is 372 g/mol. The molecule has 2 heterocycles. The number of carbonyl (C=O) groups is 1. The maximum atomic E-state index is 12.6. The van der Waals surface area contributed by atoms with Gasteiger partial charge in [0.05, 0.1) is 0 Å². The van der Waals surface area contributed by atoms with Crippen LogP contribution in [0.5, 0.6) is 5.75 Å². The first-order chi connectivity index (χ1) is 11.0. The third kappa shape index (κ3) is 4.16. The molecular formula is C18H26Cl2N2O2. The van der Waals surface area contributed by atoms with Gasteiger partial charge in [-0.2, -0.15) is 0 Å². The first-order valence-corrected chi connectivity index (χ1v) is 8.79. The zero-order valence-corrected chi connectivity index (χ0v) is 15.9. The van der Waals surface area contributed by atoms with Crippen molar-refractivity contribution in [1.29, 1.82) is 0 Å². The molecule has 0 bridgehead atoms. The second-order valence-electron chi connectivity index (χ2n) is 6.92. The number of nitrogens with one attached hydrogen (secondary N) is 1. The summed E-state index contributed by atoms with van der Waals surface area (Å²) in [6.07, 6.45) is 2.97. The number of benzene rings is 1. The molecule has 0 aliphatic carbocycles. The van der Waals surface area contributed by atoms with Crippen molar-refractivity contribution >= 4 is 29.9 Å². The van der Waals surface area contributed by atoms with Gasteiger partial charge in [-0.05, 0) is 68.8 Å². The third-order valence-electron chi connectivity index (χ3n) is 5.26. The van der Waals surface area contributed by atoms with Crippen LogP contribution < -0.4 is 10.1 Å². The molecule has 1 N–H and O–H groups in total. The standard InChI is InChI=1S/C18H25ClN2O2.ClH/c1-13-11-15(3-4-16(13)19)23-14(2)17(22)21-9-6-18(7-10-21)5-8-20-12-18;/h3-4,11,14,20H,5-10,12H2,1-2H3;1H. The molecule has 2 saturated heterocycles. The van der Waals surface area contributed by atoms with Gasteiger partial charge in [-0.15, -0.1) is 12.4 Å². The number of ether oxygens (including phenoxy) is 1. The molecule has 3 rings (SSSR count). The molecule has 24 heavy (non-hydrogen) atoms. The molecule has 4 nitrogen and oxygen atoms in total. The number of aryl methyl sites for hydroxylation is 1. The van der Waals surface area contributed by atoms with Gasteiger partial charge in [-0.25, -0.2) is 0 Å². The average Bonchev–Trinajstić information content (AvgIpc) is 2.99. The molecule has 0 saturated carbocycles. The molecule has 1 unspecified atom stereocenters. The predicted molar refractivity (Wildman–Crippen MR) is 99.3 cm³/mol. The van der Waals surface area contributed by atoms with Gasteiger partial charge in [-0.1, -0.05) is 11.6 Å². The van der Waals surface area contributed by atoms with Gasteiger partial charge in [0.15, 0.2) is 6.10 Å². The van der Waals surface area contributed by atoms with Gasteiger partial charge >= 0.3 is 0 Å². The van der Waals surface area contributed by atoms with Crippen molar-refractivity contribution in [2.75, 3.05) is 26.2 Å². The van der Waals surface area contributed by atoms with Crippen molar-refractivity contribution in [1.82, 2.24) is 10.2 Å². The van der Waals surface area contributed by atoms with E-state index < -0.39 is 6.10 Å². The minimum atomic E-state index is -0.466. The molecule has 1 spiro atoms. The lowest BCUT2D eigenvalue weighted by Crippen LogP contribution is -2.48. The number of piperidine rings is 1. The normalized spacial score (nSPS) is 20.5. The van der Waals surface area contributed by atoms with E-state index in [-0.39, 0.29) is 18.3 Å². The summed E-state index contributed by atoms with van der Waals surface area (Å²) in [6, 6.07) is 5.50. The molecule has 2 fully saturated rings. The molecule has 1 atom stereocenters. The second-order valence-corrected chi connectivity index (χ2v) is 7.33. The number of amides is 1. The Morgan fingerprint density at radius 3 is 2.62 bits per heavy atom. The molecule has 0 radical (unpaired) electrons. The Kier molecular flexibility index (Phi) is 6.40. The minimum Gasteiger partial charge on any atom is -0.481 e. The summed E-state index contributed by atoms with van der Waals surface area (Å²) < 4.78 is 5.82. The van der Waals surface area contributed by atoms with Crippen LogP contribution in [-0.4, -0.2) is 43.1 Å². The third-order valence-corrected chi connectivity index (χ3v) is 5.68. The van der Waals surface area contributed by atoms with E-state index in [2.05, 4.69) is 5.32 Å². The van der Waals surface area contributed by atoms with Gasteiger partial charge in [0, 0.05) is 24.7 Å². The number of carbonyl (C=O) groups excluding carboxylic acids is 1. The van der Waals surface area contributed by atoms with E-state index in [9.17, 15) is 4.79 Å². The molecule has 2 aliphatic rings. The highest BCUT2D eigenvalue weighted by molar-refractivity contribution is 6.31. The summed E-state index contributed by atoms with van der Waals surface area (Å²) >= 11 is 6.02. The SMILES string of the molecule is Cc1cc(OC(C)C(=O)N2CCC3(CCNC3)CC2)ccc1Cl.Cl. The molecule has 134 valence electrons. The van der Waals surface area contributed by atoms with Crippen LogP contribution >= 0.6 is 24.0 Å². The Balaban J connectivity index is 0.00000208. The Hall–Kier alpha value is -0.970. The van der Waals surface area contributed by atoms with Crippen LogP contribution in [0.1, 0.15) is 31.7 Å². The second kappa shape index (κ2) is 7.94. The number of rotatable bonds is 3. The summed E-state index contributed by atoms with van der Waals surface area (Å²) in [7, 11) is 0. The summed E-state index contributed by atoms with van der Waals surface area (Å²) in [4.78, 5) is 14.6. The smallest absolute Gasteiger partial charge is 0.263 e. The summed E-state index contributed by atoms with van der Waals surface area (Å²) in [5.41, 5.74) is 1.38. The lowest BCUT2D eigenvalue weighted by atomic mass is 9.78. The lowest BCUT2D eigenvalue weighted by Gasteiger charge is -2.39. The Bertz CT molecular complexity index is 578. The number of halogens is 2. The summed E-state index contributed by atoms with van der Waals surface area (Å²) in [5, 5.41) is 4.16. The molecule has 0 aromatic heterocycles. The summed E-state index contributed by atoms with van der Waals surface area (Å²) in [5.74, 6) is 0.777. The Labute approximate surface area is 155 Å². The number of hydrogen-bond acceptors (Lipinski definition) is 3. The van der Waals surface area contributed by atoms with Crippen LogP contribution in [0.25, 0.3) is 0 Å². The van der Waals surface area contributed by atoms with Crippen molar-refractivity contribution in [2.24, 2.45) is 5.41 Å². The highest BCUT2D eigenvalue weighted by Gasteiger charge is 2.38. The first kappa shape index (κ1) is 19.4. The van der Waals surface area contributed by atoms with E-state index in [0.29, 0.717) is 16.2 Å². The van der Waals surface area contributed by atoms with Crippen LogP contribution in [0.3, 0.4) is 0 Å². The van der Waals surface area contributed by atoms with E-state index in [1.54, 1.807) is 6.07 Å². The van der Waals surface area contributed by atoms with E-state index >= 15 is 0 Å². The van der Waals surface area contributed by atoms with Crippen LogP contribution in [0.2, 0.25) is 5.02 Å². The molecule has 2 aliphatic heterocycles. The quantitative estimate of drug-likeness (QED) is 0.883. The number of hydrogen-bond donors (Lipinski definition) is 1.